The van der Waals surface area contributed by atoms with E-state index in [-0.39, 0.29) is 5.91 Å². The van der Waals surface area contributed by atoms with Gasteiger partial charge in [-0.05, 0) is 43.6 Å². The van der Waals surface area contributed by atoms with E-state index in [1.165, 1.54) is 0 Å². The van der Waals surface area contributed by atoms with E-state index < -0.39 is 0 Å². The second kappa shape index (κ2) is 7.53. The van der Waals surface area contributed by atoms with Crippen LogP contribution in [-0.4, -0.2) is 34.4 Å². The first-order valence-electron chi connectivity index (χ1n) is 8.83. The summed E-state index contributed by atoms with van der Waals surface area (Å²) < 4.78 is 5.38. The lowest BCUT2D eigenvalue weighted by Gasteiger charge is -2.19. The van der Waals surface area contributed by atoms with Crippen LogP contribution in [0, 0.1) is 0 Å². The summed E-state index contributed by atoms with van der Waals surface area (Å²) >= 11 is 0. The zero-order chi connectivity index (χ0) is 17.8. The van der Waals surface area contributed by atoms with Gasteiger partial charge in [-0.15, -0.1) is 0 Å². The van der Waals surface area contributed by atoms with Gasteiger partial charge in [-0.2, -0.15) is 5.10 Å². The van der Waals surface area contributed by atoms with Crippen molar-refractivity contribution in [3.8, 4) is 11.1 Å². The number of nitrogens with one attached hydrogen (secondary N) is 3. The van der Waals surface area contributed by atoms with E-state index in [0.29, 0.717) is 23.8 Å². The molecule has 1 amide bonds. The molecule has 26 heavy (non-hydrogen) atoms. The molecule has 1 saturated heterocycles. The fourth-order valence-electron chi connectivity index (χ4n) is 3.21. The minimum Gasteiger partial charge on any atom is -0.359 e. The van der Waals surface area contributed by atoms with Gasteiger partial charge in [0, 0.05) is 29.3 Å². The van der Waals surface area contributed by atoms with Crippen molar-refractivity contribution in [3.63, 3.8) is 0 Å². The molecule has 7 nitrogen and oxygen atoms in total. The van der Waals surface area contributed by atoms with Gasteiger partial charge in [0.25, 0.3) is 5.91 Å². The van der Waals surface area contributed by atoms with E-state index in [9.17, 15) is 4.79 Å². The van der Waals surface area contributed by atoms with Crippen molar-refractivity contribution in [1.82, 2.24) is 26.0 Å². The smallest absolute Gasteiger partial charge is 0.251 e. The number of rotatable bonds is 5. The molecular formula is C19H21N5O2. The van der Waals surface area contributed by atoms with Gasteiger partial charge >= 0.3 is 0 Å². The molecule has 3 aromatic rings. The van der Waals surface area contributed by atoms with E-state index in [0.717, 1.165) is 42.8 Å². The first kappa shape index (κ1) is 16.5. The molecule has 1 aliphatic rings. The lowest BCUT2D eigenvalue weighted by molar-refractivity contribution is 0.0947. The number of amides is 1. The molecule has 1 fully saturated rings. The largest absolute Gasteiger partial charge is 0.359 e. The Bertz CT molecular complexity index is 848. The highest BCUT2D eigenvalue weighted by atomic mass is 16.5. The molecule has 0 spiro atoms. The third-order valence-corrected chi connectivity index (χ3v) is 4.74. The molecule has 0 atom stereocenters. The van der Waals surface area contributed by atoms with Crippen LogP contribution in [-0.2, 0) is 6.54 Å². The van der Waals surface area contributed by atoms with Gasteiger partial charge in [-0.25, -0.2) is 0 Å². The first-order valence-corrected chi connectivity index (χ1v) is 8.83. The maximum atomic E-state index is 12.3. The van der Waals surface area contributed by atoms with Gasteiger partial charge in [-0.1, -0.05) is 17.3 Å². The SMILES string of the molecule is O=C(NCc1cc(C2CCNCC2)no1)c1ccc(-c2cn[nH]c2)cc1. The normalized spacial score (nSPS) is 15.1. The Hall–Kier alpha value is -2.93. The molecule has 2 aromatic heterocycles. The second-order valence-electron chi connectivity index (χ2n) is 6.49. The van der Waals surface area contributed by atoms with Crippen molar-refractivity contribution in [2.45, 2.75) is 25.3 Å². The summed E-state index contributed by atoms with van der Waals surface area (Å²) in [5.41, 5.74) is 3.59. The summed E-state index contributed by atoms with van der Waals surface area (Å²) in [5.74, 6) is 0.991. The van der Waals surface area contributed by atoms with Crippen LogP contribution < -0.4 is 10.6 Å². The minimum atomic E-state index is -0.136. The molecule has 3 N–H and O–H groups in total. The van der Waals surface area contributed by atoms with Crippen LogP contribution in [0.15, 0.2) is 47.2 Å². The molecule has 1 aliphatic heterocycles. The molecule has 0 saturated carbocycles. The zero-order valence-corrected chi connectivity index (χ0v) is 14.4. The summed E-state index contributed by atoms with van der Waals surface area (Å²) in [4.78, 5) is 12.3. The predicted molar refractivity (Wildman–Crippen MR) is 96.5 cm³/mol. The molecule has 7 heteroatoms. The summed E-state index contributed by atoms with van der Waals surface area (Å²) in [6, 6.07) is 9.38. The second-order valence-corrected chi connectivity index (χ2v) is 6.49. The molecular weight excluding hydrogens is 330 g/mol. The van der Waals surface area contributed by atoms with Crippen molar-refractivity contribution in [2.24, 2.45) is 0 Å². The molecule has 0 aliphatic carbocycles. The van der Waals surface area contributed by atoms with Crippen LogP contribution in [0.25, 0.3) is 11.1 Å². The quantitative estimate of drug-likeness (QED) is 0.656. The summed E-state index contributed by atoms with van der Waals surface area (Å²) in [6.45, 7) is 2.36. The Morgan fingerprint density at radius 1 is 1.19 bits per heavy atom. The topological polar surface area (TPSA) is 95.8 Å². The standard InChI is InChI=1S/C19H21N5O2/c25-19(15-3-1-13(2-4-15)16-10-22-23-11-16)21-12-17-9-18(24-26-17)14-5-7-20-8-6-14/h1-4,9-11,14,20H,5-8,12H2,(H,21,25)(H,22,23). The van der Waals surface area contributed by atoms with Crippen LogP contribution in [0.4, 0.5) is 0 Å². The Morgan fingerprint density at radius 3 is 2.73 bits per heavy atom. The van der Waals surface area contributed by atoms with Gasteiger partial charge in [0.05, 0.1) is 18.4 Å². The fraction of sp³-hybridized carbons (Fsp3) is 0.316. The molecule has 0 unspecified atom stereocenters. The highest BCUT2D eigenvalue weighted by Gasteiger charge is 2.19. The number of piperidine rings is 1. The van der Waals surface area contributed by atoms with Crippen molar-refractivity contribution in [3.05, 3.63) is 59.7 Å². The number of aromatic amines is 1. The highest BCUT2D eigenvalue weighted by molar-refractivity contribution is 5.94. The fourth-order valence-corrected chi connectivity index (χ4v) is 3.21. The molecule has 0 radical (unpaired) electrons. The average Bonchev–Trinajstić information content (AvgIpc) is 3.39. The lowest BCUT2D eigenvalue weighted by Crippen LogP contribution is -2.26. The monoisotopic (exact) mass is 351 g/mol. The number of aromatic nitrogens is 3. The number of carbonyl (C=O) groups is 1. The van der Waals surface area contributed by atoms with Crippen molar-refractivity contribution < 1.29 is 9.32 Å². The van der Waals surface area contributed by atoms with Crippen molar-refractivity contribution in [2.75, 3.05) is 13.1 Å². The van der Waals surface area contributed by atoms with E-state index in [2.05, 4.69) is 26.0 Å². The van der Waals surface area contributed by atoms with E-state index in [1.807, 2.05) is 24.4 Å². The van der Waals surface area contributed by atoms with Crippen molar-refractivity contribution in [1.29, 1.82) is 0 Å². The molecule has 1 aromatic carbocycles. The van der Waals surface area contributed by atoms with Gasteiger partial charge in [0.15, 0.2) is 5.76 Å². The number of H-pyrrole nitrogens is 1. The molecule has 134 valence electrons. The van der Waals surface area contributed by atoms with E-state index >= 15 is 0 Å². The van der Waals surface area contributed by atoms with Crippen LogP contribution >= 0.6 is 0 Å². The van der Waals surface area contributed by atoms with Gasteiger partial charge in [-0.3, -0.25) is 9.89 Å². The van der Waals surface area contributed by atoms with Crippen LogP contribution in [0.5, 0.6) is 0 Å². The van der Waals surface area contributed by atoms with Crippen LogP contribution in [0.1, 0.15) is 40.6 Å². The Morgan fingerprint density at radius 2 is 2.00 bits per heavy atom. The number of nitrogens with zero attached hydrogens (tertiary/aromatic N) is 2. The first-order chi connectivity index (χ1) is 12.8. The number of hydrogen-bond acceptors (Lipinski definition) is 5. The minimum absolute atomic E-state index is 0.136. The lowest BCUT2D eigenvalue weighted by atomic mass is 9.95. The summed E-state index contributed by atoms with van der Waals surface area (Å²) in [6.07, 6.45) is 5.71. The molecule has 4 rings (SSSR count). The third-order valence-electron chi connectivity index (χ3n) is 4.74. The van der Waals surface area contributed by atoms with Gasteiger partial charge < -0.3 is 15.2 Å². The van der Waals surface area contributed by atoms with Gasteiger partial charge in [0.2, 0.25) is 0 Å². The Kier molecular flexibility index (Phi) is 4.79. The van der Waals surface area contributed by atoms with Gasteiger partial charge in [0.1, 0.15) is 0 Å². The molecule has 3 heterocycles. The third kappa shape index (κ3) is 3.67. The van der Waals surface area contributed by atoms with Crippen LogP contribution in [0.2, 0.25) is 0 Å². The molecule has 0 bridgehead atoms. The average molecular weight is 351 g/mol. The highest BCUT2D eigenvalue weighted by Crippen LogP contribution is 2.24. The van der Waals surface area contributed by atoms with E-state index in [1.54, 1.807) is 18.3 Å². The number of carbonyl (C=O) groups excluding carboxylic acids is 1. The summed E-state index contributed by atoms with van der Waals surface area (Å²) in [5, 5.41) is 17.1. The maximum absolute atomic E-state index is 12.3. The Balaban J connectivity index is 1.34. The zero-order valence-electron chi connectivity index (χ0n) is 14.4. The number of benzene rings is 1. The number of hydrogen-bond donors (Lipinski definition) is 3. The Labute approximate surface area is 151 Å². The van der Waals surface area contributed by atoms with E-state index in [4.69, 9.17) is 4.52 Å². The van der Waals surface area contributed by atoms with Crippen LogP contribution in [0.3, 0.4) is 0 Å². The predicted octanol–water partition coefficient (Wildman–Crippen LogP) is 2.46. The van der Waals surface area contributed by atoms with Crippen molar-refractivity contribution >= 4 is 5.91 Å². The summed E-state index contributed by atoms with van der Waals surface area (Å²) in [7, 11) is 0. The maximum Gasteiger partial charge on any atom is 0.251 e.